The van der Waals surface area contributed by atoms with E-state index in [0.717, 1.165) is 0 Å². The van der Waals surface area contributed by atoms with E-state index in [1.54, 1.807) is 0 Å². The molecule has 0 aliphatic heterocycles. The summed E-state index contributed by atoms with van der Waals surface area (Å²) in [5.74, 6) is -10.1. The van der Waals surface area contributed by atoms with Crippen LogP contribution < -0.4 is 10.5 Å². The molecule has 2 N–H and O–H groups in total. The number of nitrogens with two attached hydrogens (primary N) is 1. The van der Waals surface area contributed by atoms with Crippen molar-refractivity contribution >= 4 is 5.82 Å². The van der Waals surface area contributed by atoms with Crippen LogP contribution in [0.2, 0.25) is 0 Å². The summed E-state index contributed by atoms with van der Waals surface area (Å²) < 4.78 is 89.5. The molecule has 10 heteroatoms. The van der Waals surface area contributed by atoms with Gasteiger partial charge < -0.3 is 10.5 Å². The number of anilines is 1. The Balaban J connectivity index is 2.85. The maximum atomic E-state index is 12.9. The monoisotopic (exact) mass is 278 g/mol. The quantitative estimate of drug-likeness (QED) is 0.864. The summed E-state index contributed by atoms with van der Waals surface area (Å²) in [4.78, 5) is 2.86. The van der Waals surface area contributed by atoms with Crippen molar-refractivity contribution in [1.29, 1.82) is 0 Å². The molecule has 0 aliphatic carbocycles. The highest BCUT2D eigenvalue weighted by atomic mass is 19.4. The Morgan fingerprint density at radius 3 is 2.17 bits per heavy atom. The molecule has 0 saturated heterocycles. The molecule has 1 aromatic heterocycles. The lowest BCUT2D eigenvalue weighted by Crippen LogP contribution is -2.42. The van der Waals surface area contributed by atoms with E-state index in [2.05, 4.69) is 9.72 Å². The van der Waals surface area contributed by atoms with Crippen molar-refractivity contribution < 1.29 is 35.5 Å². The lowest BCUT2D eigenvalue weighted by Gasteiger charge is -2.19. The molecule has 0 bridgehead atoms. The largest absolute Gasteiger partial charge is 0.469 e. The third kappa shape index (κ3) is 2.93. The molecule has 0 saturated carbocycles. The first-order chi connectivity index (χ1) is 8.04. The zero-order valence-electron chi connectivity index (χ0n) is 8.36. The Bertz CT molecular complexity index is 446. The molecule has 0 aromatic carbocycles. The highest BCUT2D eigenvalue weighted by Crippen LogP contribution is 2.35. The van der Waals surface area contributed by atoms with Crippen molar-refractivity contribution in [3.05, 3.63) is 17.7 Å². The number of aromatic nitrogens is 1. The average molecular weight is 278 g/mol. The Morgan fingerprint density at radius 1 is 1.11 bits per heavy atom. The predicted molar refractivity (Wildman–Crippen MR) is 45.1 cm³/mol. The van der Waals surface area contributed by atoms with E-state index in [1.165, 1.54) is 0 Å². The molecule has 1 heterocycles. The number of halogens is 7. The summed E-state index contributed by atoms with van der Waals surface area (Å²) in [6.45, 7) is -2.19. The van der Waals surface area contributed by atoms with Gasteiger partial charge in [0.15, 0.2) is 24.1 Å². The maximum Gasteiger partial charge on any atom is 0.456 e. The second-order valence-electron chi connectivity index (χ2n) is 3.13. The Kier molecular flexibility index (Phi) is 3.58. The van der Waals surface area contributed by atoms with E-state index in [4.69, 9.17) is 5.73 Å². The van der Waals surface area contributed by atoms with E-state index < -0.39 is 42.0 Å². The van der Waals surface area contributed by atoms with Crippen LogP contribution in [0.3, 0.4) is 0 Å². The van der Waals surface area contributed by atoms with Crippen LogP contribution in [0, 0.1) is 11.6 Å². The molecule has 1 aromatic rings. The minimum absolute atomic E-state index is 0.156. The molecule has 0 amide bonds. The van der Waals surface area contributed by atoms with Gasteiger partial charge in [0.2, 0.25) is 0 Å². The van der Waals surface area contributed by atoms with E-state index in [9.17, 15) is 30.7 Å². The second-order valence-corrected chi connectivity index (χ2v) is 3.13. The Morgan fingerprint density at radius 2 is 1.67 bits per heavy atom. The van der Waals surface area contributed by atoms with E-state index in [0.29, 0.717) is 0 Å². The van der Waals surface area contributed by atoms with Gasteiger partial charge in [-0.1, -0.05) is 0 Å². The van der Waals surface area contributed by atoms with Crippen LogP contribution in [0.25, 0.3) is 0 Å². The van der Waals surface area contributed by atoms with E-state index in [-0.39, 0.29) is 6.07 Å². The van der Waals surface area contributed by atoms with Crippen LogP contribution >= 0.6 is 0 Å². The molecular weight excluding hydrogens is 273 g/mol. The van der Waals surface area contributed by atoms with E-state index >= 15 is 0 Å². The fourth-order valence-corrected chi connectivity index (χ4v) is 0.805. The summed E-state index contributed by atoms with van der Waals surface area (Å²) in [5, 5.41) is 0. The molecule has 0 aliphatic rings. The highest BCUT2D eigenvalue weighted by molar-refractivity contribution is 5.34. The van der Waals surface area contributed by atoms with Crippen LogP contribution in [-0.4, -0.2) is 23.7 Å². The molecule has 3 nitrogen and oxygen atoms in total. The molecule has 1 rings (SSSR count). The van der Waals surface area contributed by atoms with Gasteiger partial charge in [-0.25, -0.2) is 8.78 Å². The van der Waals surface area contributed by atoms with Gasteiger partial charge in [0.1, 0.15) is 0 Å². The number of alkyl halides is 5. The van der Waals surface area contributed by atoms with Crippen LogP contribution in [0.1, 0.15) is 0 Å². The molecule has 0 atom stereocenters. The summed E-state index contributed by atoms with van der Waals surface area (Å²) in [7, 11) is 0. The molecule has 0 unspecified atom stereocenters. The van der Waals surface area contributed by atoms with Gasteiger partial charge in [0.05, 0.1) is 0 Å². The number of pyridine rings is 1. The minimum atomic E-state index is -5.85. The zero-order chi connectivity index (χ0) is 14.1. The van der Waals surface area contributed by atoms with Gasteiger partial charge in [-0.15, -0.1) is 0 Å². The molecule has 0 fully saturated rings. The first kappa shape index (κ1) is 14.3. The van der Waals surface area contributed by atoms with Crippen molar-refractivity contribution in [2.75, 3.05) is 12.3 Å². The van der Waals surface area contributed by atoms with Crippen LogP contribution in [0.5, 0.6) is 5.88 Å². The van der Waals surface area contributed by atoms with Gasteiger partial charge in [0, 0.05) is 6.07 Å². The van der Waals surface area contributed by atoms with Gasteiger partial charge in [-0.2, -0.15) is 26.9 Å². The number of rotatable bonds is 3. The first-order valence-corrected chi connectivity index (χ1v) is 4.23. The normalized spacial score (nSPS) is 12.6. The minimum Gasteiger partial charge on any atom is -0.469 e. The molecular formula is C8H5F7N2O. The SMILES string of the molecule is Nc1nc(OCC(F)(F)C(F)(F)F)c(F)cc1F. The smallest absolute Gasteiger partial charge is 0.456 e. The van der Waals surface area contributed by atoms with Gasteiger partial charge in [-0.05, 0) is 0 Å². The highest BCUT2D eigenvalue weighted by Gasteiger charge is 2.58. The Labute approximate surface area is 95.4 Å². The number of nitrogens with zero attached hydrogens (tertiary/aromatic N) is 1. The first-order valence-electron chi connectivity index (χ1n) is 4.23. The third-order valence-corrected chi connectivity index (χ3v) is 1.73. The Hall–Kier alpha value is -1.74. The van der Waals surface area contributed by atoms with Crippen molar-refractivity contribution in [3.63, 3.8) is 0 Å². The molecule has 0 spiro atoms. The van der Waals surface area contributed by atoms with Crippen molar-refractivity contribution in [2.24, 2.45) is 0 Å². The fourth-order valence-electron chi connectivity index (χ4n) is 0.805. The van der Waals surface area contributed by atoms with Crippen LogP contribution in [0.15, 0.2) is 6.07 Å². The summed E-state index contributed by atoms with van der Waals surface area (Å²) >= 11 is 0. The molecule has 18 heavy (non-hydrogen) atoms. The van der Waals surface area contributed by atoms with Crippen molar-refractivity contribution in [2.45, 2.75) is 12.1 Å². The standard InChI is InChI=1S/C8H5F7N2O/c9-3-1-4(10)6(17-5(3)16)18-2-7(11,12)8(13,14)15/h1H,2H2,(H2,16,17). The van der Waals surface area contributed by atoms with Crippen LogP contribution in [-0.2, 0) is 0 Å². The van der Waals surface area contributed by atoms with Crippen LogP contribution in [0.4, 0.5) is 36.6 Å². The molecule has 102 valence electrons. The van der Waals surface area contributed by atoms with Gasteiger partial charge >= 0.3 is 12.1 Å². The maximum absolute atomic E-state index is 12.9. The fraction of sp³-hybridized carbons (Fsp3) is 0.375. The molecule has 0 radical (unpaired) electrons. The number of hydrogen-bond acceptors (Lipinski definition) is 3. The van der Waals surface area contributed by atoms with E-state index in [1.807, 2.05) is 0 Å². The number of nitrogen functional groups attached to an aromatic ring is 1. The topological polar surface area (TPSA) is 48.1 Å². The second kappa shape index (κ2) is 4.50. The van der Waals surface area contributed by atoms with Gasteiger partial charge in [-0.3, -0.25) is 0 Å². The lowest BCUT2D eigenvalue weighted by atomic mass is 10.3. The van der Waals surface area contributed by atoms with Gasteiger partial charge in [0.25, 0.3) is 5.88 Å². The zero-order valence-corrected chi connectivity index (χ0v) is 8.36. The lowest BCUT2D eigenvalue weighted by molar-refractivity contribution is -0.290. The summed E-state index contributed by atoms with van der Waals surface area (Å²) in [6, 6.07) is 0.156. The number of ether oxygens (including phenoxy) is 1. The third-order valence-electron chi connectivity index (χ3n) is 1.73. The summed E-state index contributed by atoms with van der Waals surface area (Å²) in [5.41, 5.74) is 4.87. The number of hydrogen-bond donors (Lipinski definition) is 1. The van der Waals surface area contributed by atoms with Crippen molar-refractivity contribution in [3.8, 4) is 5.88 Å². The predicted octanol–water partition coefficient (Wildman–Crippen LogP) is 2.52. The van der Waals surface area contributed by atoms with Crippen molar-refractivity contribution in [1.82, 2.24) is 4.98 Å². The summed E-state index contributed by atoms with van der Waals surface area (Å²) in [6.07, 6.45) is -5.85. The average Bonchev–Trinajstić information content (AvgIpc) is 2.20.